The number of carbonyl (C=O) groups is 1. The largest absolute Gasteiger partial charge is 0.417 e. The number of halogens is 3. The lowest BCUT2D eigenvalue weighted by atomic mass is 9.86. The van der Waals surface area contributed by atoms with Gasteiger partial charge in [-0.05, 0) is 48.6 Å². The number of piperidine rings is 1. The van der Waals surface area contributed by atoms with Gasteiger partial charge >= 0.3 is 6.18 Å². The predicted octanol–water partition coefficient (Wildman–Crippen LogP) is 2.22. The maximum Gasteiger partial charge on any atom is 0.417 e. The molecule has 2 aliphatic rings. The van der Waals surface area contributed by atoms with Crippen LogP contribution in [-0.2, 0) is 35.6 Å². The first-order valence-electron chi connectivity index (χ1n) is 11.9. The number of primary sulfonamides is 1. The predicted molar refractivity (Wildman–Crippen MR) is 131 cm³/mol. The first-order chi connectivity index (χ1) is 17.8. The van der Waals surface area contributed by atoms with E-state index < -0.39 is 52.9 Å². The number of carbonyl (C=O) groups excluding carboxylic acids is 1. The molecule has 0 aliphatic carbocycles. The average molecular weight is 576 g/mol. The number of hydrogen-bond donors (Lipinski definition) is 1. The molecule has 208 valence electrons. The Morgan fingerprint density at radius 1 is 0.947 bits per heavy atom. The zero-order valence-electron chi connectivity index (χ0n) is 20.4. The topological polar surface area (TPSA) is 127 Å². The first kappa shape index (κ1) is 28.5. The smallest absolute Gasteiger partial charge is 0.379 e. The molecule has 0 unspecified atom stereocenters. The van der Waals surface area contributed by atoms with Gasteiger partial charge < -0.3 is 9.64 Å². The molecule has 0 atom stereocenters. The number of rotatable bonds is 6. The summed E-state index contributed by atoms with van der Waals surface area (Å²) in [7, 11) is -9.30. The quantitative estimate of drug-likeness (QED) is 0.560. The van der Waals surface area contributed by atoms with E-state index >= 15 is 0 Å². The van der Waals surface area contributed by atoms with Crippen molar-refractivity contribution in [2.24, 2.45) is 5.14 Å². The Balaban J connectivity index is 1.70. The van der Waals surface area contributed by atoms with Crippen molar-refractivity contribution in [3.05, 3.63) is 53.6 Å². The standard InChI is InChI=1S/C24H28F3N3O6S2/c25-24(26,27)23-20(17-6-8-30(9-7-17)22(31)16-29-10-12-36-13-11-29)14-19(15-21(23)38(28,34)35)37(32,33)18-4-2-1-3-5-18/h1-5,14-15,17H,6-13,16H2,(H2,28,34,35). The van der Waals surface area contributed by atoms with E-state index in [9.17, 15) is 34.8 Å². The second-order valence-corrected chi connectivity index (χ2v) is 12.8. The molecule has 2 heterocycles. The molecule has 0 spiro atoms. The third-order valence-corrected chi connectivity index (χ3v) is 9.49. The van der Waals surface area contributed by atoms with Gasteiger partial charge in [-0.3, -0.25) is 9.69 Å². The summed E-state index contributed by atoms with van der Waals surface area (Å²) in [5.41, 5.74) is -1.93. The SMILES string of the molecule is NS(=O)(=O)c1cc(S(=O)(=O)c2ccccc2)cc(C2CCN(C(=O)CN3CCOCC3)CC2)c1C(F)(F)F. The highest BCUT2D eigenvalue weighted by atomic mass is 32.2. The fraction of sp³-hybridized carbons (Fsp3) is 0.458. The number of benzene rings is 2. The summed E-state index contributed by atoms with van der Waals surface area (Å²) in [5, 5.41) is 5.17. The number of ether oxygens (including phenoxy) is 1. The molecule has 2 aliphatic heterocycles. The third-order valence-electron chi connectivity index (χ3n) is 6.81. The summed E-state index contributed by atoms with van der Waals surface area (Å²) in [6.07, 6.45) is -4.93. The van der Waals surface area contributed by atoms with Crippen LogP contribution in [0.4, 0.5) is 13.2 Å². The Labute approximate surface area is 219 Å². The molecule has 2 aromatic carbocycles. The second kappa shape index (κ2) is 10.9. The summed E-state index contributed by atoms with van der Waals surface area (Å²) in [4.78, 5) is 14.2. The number of alkyl halides is 3. The van der Waals surface area contributed by atoms with Crippen molar-refractivity contribution in [2.45, 2.75) is 39.6 Å². The van der Waals surface area contributed by atoms with Crippen molar-refractivity contribution in [3.63, 3.8) is 0 Å². The molecule has 0 aromatic heterocycles. The van der Waals surface area contributed by atoms with Crippen LogP contribution in [0.2, 0.25) is 0 Å². The molecule has 38 heavy (non-hydrogen) atoms. The van der Waals surface area contributed by atoms with Crippen LogP contribution in [0.15, 0.2) is 57.2 Å². The maximum absolute atomic E-state index is 14.3. The molecular weight excluding hydrogens is 547 g/mol. The van der Waals surface area contributed by atoms with Gasteiger partial charge in [0.05, 0.1) is 40.0 Å². The normalized spacial score (nSPS) is 18.5. The third kappa shape index (κ3) is 6.20. The molecule has 2 aromatic rings. The monoisotopic (exact) mass is 575 g/mol. The average Bonchev–Trinajstić information content (AvgIpc) is 2.88. The molecule has 0 saturated carbocycles. The van der Waals surface area contributed by atoms with E-state index in [1.807, 2.05) is 4.90 Å². The van der Waals surface area contributed by atoms with E-state index in [2.05, 4.69) is 0 Å². The van der Waals surface area contributed by atoms with Crippen LogP contribution in [0.1, 0.15) is 29.9 Å². The van der Waals surface area contributed by atoms with E-state index in [-0.39, 0.29) is 43.3 Å². The number of morpholine rings is 1. The van der Waals surface area contributed by atoms with Gasteiger partial charge in [-0.25, -0.2) is 22.0 Å². The lowest BCUT2D eigenvalue weighted by Gasteiger charge is -2.35. The van der Waals surface area contributed by atoms with Gasteiger partial charge in [0.25, 0.3) is 0 Å². The summed E-state index contributed by atoms with van der Waals surface area (Å²) in [6.45, 7) is 2.71. The molecule has 9 nitrogen and oxygen atoms in total. The number of amides is 1. The summed E-state index contributed by atoms with van der Waals surface area (Å²) in [6, 6.07) is 8.37. The van der Waals surface area contributed by atoms with E-state index in [1.54, 1.807) is 11.0 Å². The van der Waals surface area contributed by atoms with E-state index in [1.165, 1.54) is 24.3 Å². The van der Waals surface area contributed by atoms with E-state index in [0.29, 0.717) is 32.4 Å². The van der Waals surface area contributed by atoms with Crippen LogP contribution in [0.3, 0.4) is 0 Å². The zero-order valence-corrected chi connectivity index (χ0v) is 22.0. The Morgan fingerprint density at radius 3 is 2.11 bits per heavy atom. The molecule has 1 amide bonds. The highest BCUT2D eigenvalue weighted by Crippen LogP contribution is 2.44. The number of nitrogens with zero attached hydrogens (tertiary/aromatic N) is 2. The minimum atomic E-state index is -5.12. The summed E-state index contributed by atoms with van der Waals surface area (Å²) >= 11 is 0. The Hall–Kier alpha value is -2.52. The van der Waals surface area contributed by atoms with Crippen LogP contribution in [0.25, 0.3) is 0 Å². The molecular formula is C24H28F3N3O6S2. The molecule has 2 saturated heterocycles. The van der Waals surface area contributed by atoms with Gasteiger partial charge in [0.1, 0.15) is 0 Å². The molecule has 4 rings (SSSR count). The molecule has 0 bridgehead atoms. The van der Waals surface area contributed by atoms with E-state index in [4.69, 9.17) is 9.88 Å². The van der Waals surface area contributed by atoms with Crippen molar-refractivity contribution in [1.82, 2.24) is 9.80 Å². The zero-order chi connectivity index (χ0) is 27.7. The van der Waals surface area contributed by atoms with Gasteiger partial charge in [-0.2, -0.15) is 13.2 Å². The van der Waals surface area contributed by atoms with Crippen LogP contribution in [0.5, 0.6) is 0 Å². The Kier molecular flexibility index (Phi) is 8.19. The van der Waals surface area contributed by atoms with Crippen LogP contribution >= 0.6 is 0 Å². The van der Waals surface area contributed by atoms with Crippen molar-refractivity contribution >= 4 is 25.8 Å². The number of sulfonamides is 1. The highest BCUT2D eigenvalue weighted by Gasteiger charge is 2.42. The Bertz CT molecular complexity index is 1390. The van der Waals surface area contributed by atoms with Crippen LogP contribution in [-0.4, -0.2) is 78.5 Å². The van der Waals surface area contributed by atoms with Crippen molar-refractivity contribution < 1.29 is 39.5 Å². The fourth-order valence-corrected chi connectivity index (χ4v) is 7.07. The lowest BCUT2D eigenvalue weighted by molar-refractivity contribution is -0.141. The summed E-state index contributed by atoms with van der Waals surface area (Å²) in [5.74, 6) is -1.00. The van der Waals surface area contributed by atoms with Gasteiger partial charge in [-0.15, -0.1) is 0 Å². The Morgan fingerprint density at radius 2 is 1.55 bits per heavy atom. The minimum Gasteiger partial charge on any atom is -0.379 e. The number of nitrogens with two attached hydrogens (primary N) is 1. The summed E-state index contributed by atoms with van der Waals surface area (Å²) < 4.78 is 99.2. The highest BCUT2D eigenvalue weighted by molar-refractivity contribution is 7.91. The van der Waals surface area contributed by atoms with Crippen molar-refractivity contribution in [2.75, 3.05) is 45.9 Å². The molecule has 2 N–H and O–H groups in total. The number of hydrogen-bond acceptors (Lipinski definition) is 7. The number of sulfone groups is 1. The van der Waals surface area contributed by atoms with Gasteiger partial charge in [0.15, 0.2) is 0 Å². The first-order valence-corrected chi connectivity index (χ1v) is 15.0. The van der Waals surface area contributed by atoms with Gasteiger partial charge in [-0.1, -0.05) is 18.2 Å². The molecule has 14 heteroatoms. The molecule has 2 fully saturated rings. The number of likely N-dealkylation sites (tertiary alicyclic amines) is 1. The van der Waals surface area contributed by atoms with Crippen molar-refractivity contribution in [1.29, 1.82) is 0 Å². The second-order valence-electron chi connectivity index (χ2n) is 9.29. The van der Waals surface area contributed by atoms with Gasteiger partial charge in [0, 0.05) is 26.2 Å². The van der Waals surface area contributed by atoms with E-state index in [0.717, 1.165) is 6.07 Å². The van der Waals surface area contributed by atoms with Crippen molar-refractivity contribution in [3.8, 4) is 0 Å². The fourth-order valence-electron chi connectivity index (χ4n) is 4.84. The van der Waals surface area contributed by atoms with Gasteiger partial charge in [0.2, 0.25) is 25.8 Å². The van der Waals surface area contributed by atoms with Crippen LogP contribution < -0.4 is 5.14 Å². The maximum atomic E-state index is 14.3. The molecule has 0 radical (unpaired) electrons. The lowest BCUT2D eigenvalue weighted by Crippen LogP contribution is -2.46. The minimum absolute atomic E-state index is 0.0941. The van der Waals surface area contributed by atoms with Crippen LogP contribution in [0, 0.1) is 0 Å².